The number of nitrogens with zero attached hydrogens (tertiary/aromatic N) is 5. The Bertz CT molecular complexity index is 1180. The maximum atomic E-state index is 11.9. The Morgan fingerprint density at radius 3 is 2.44 bits per heavy atom. The van der Waals surface area contributed by atoms with Crippen molar-refractivity contribution in [1.82, 2.24) is 30.4 Å². The molecule has 0 aliphatic rings. The van der Waals surface area contributed by atoms with Crippen molar-refractivity contribution in [2.45, 2.75) is 52.5 Å². The second-order valence-electron chi connectivity index (χ2n) is 8.22. The lowest BCUT2D eigenvalue weighted by Gasteiger charge is -2.09. The molecule has 2 aromatic heterocycles. The molecule has 7 heteroatoms. The summed E-state index contributed by atoms with van der Waals surface area (Å²) in [6, 6.07) is 16.6. The fraction of sp³-hybridized carbons (Fsp3) is 0.320. The van der Waals surface area contributed by atoms with E-state index in [1.165, 1.54) is 0 Å². The fourth-order valence-electron chi connectivity index (χ4n) is 4.00. The van der Waals surface area contributed by atoms with Crippen molar-refractivity contribution in [2.75, 3.05) is 0 Å². The van der Waals surface area contributed by atoms with E-state index in [4.69, 9.17) is 5.10 Å². The van der Waals surface area contributed by atoms with Crippen molar-refractivity contribution in [3.05, 3.63) is 71.0 Å². The number of carbonyl (C=O) groups excluding carboxylic acids is 1. The number of aryl methyl sites for hydroxylation is 1. The molecular weight excluding hydrogens is 400 g/mol. The molecule has 0 saturated carbocycles. The molecule has 0 bridgehead atoms. The quantitative estimate of drug-likeness (QED) is 0.377. The van der Waals surface area contributed by atoms with Gasteiger partial charge in [-0.25, -0.2) is 0 Å². The zero-order valence-corrected chi connectivity index (χ0v) is 18.7. The van der Waals surface area contributed by atoms with Crippen molar-refractivity contribution in [2.24, 2.45) is 0 Å². The van der Waals surface area contributed by atoms with Crippen LogP contribution in [0.5, 0.6) is 0 Å². The van der Waals surface area contributed by atoms with Gasteiger partial charge in [0.1, 0.15) is 5.69 Å². The minimum Gasteiger partial charge on any atom is -0.296 e. The predicted molar refractivity (Wildman–Crippen MR) is 124 cm³/mol. The third kappa shape index (κ3) is 4.37. The average molecular weight is 429 g/mol. The summed E-state index contributed by atoms with van der Waals surface area (Å²) in [5.41, 5.74) is 6.97. The van der Waals surface area contributed by atoms with E-state index in [0.717, 1.165) is 59.1 Å². The molecule has 0 amide bonds. The van der Waals surface area contributed by atoms with E-state index in [0.29, 0.717) is 17.9 Å². The maximum absolute atomic E-state index is 11.9. The number of H-pyrrole nitrogens is 1. The molecule has 4 aromatic rings. The fourth-order valence-corrected chi connectivity index (χ4v) is 4.00. The van der Waals surface area contributed by atoms with Crippen molar-refractivity contribution in [1.29, 1.82) is 0 Å². The lowest BCUT2D eigenvalue weighted by atomic mass is 9.95. The molecule has 0 atom stereocenters. The van der Waals surface area contributed by atoms with E-state index in [1.807, 2.05) is 22.9 Å². The van der Waals surface area contributed by atoms with Gasteiger partial charge in [-0.15, -0.1) is 10.2 Å². The average Bonchev–Trinajstić information content (AvgIpc) is 3.47. The van der Waals surface area contributed by atoms with Crippen molar-refractivity contribution in [3.63, 3.8) is 0 Å². The largest absolute Gasteiger partial charge is 0.296 e. The minimum atomic E-state index is 0.147. The maximum Gasteiger partial charge on any atom is 0.205 e. The van der Waals surface area contributed by atoms with Crippen LogP contribution >= 0.6 is 0 Å². The summed E-state index contributed by atoms with van der Waals surface area (Å²) in [6.45, 7) is 6.29. The lowest BCUT2D eigenvalue weighted by Crippen LogP contribution is -2.08. The summed E-state index contributed by atoms with van der Waals surface area (Å²) in [4.78, 5) is 11.9. The molecule has 2 aromatic carbocycles. The van der Waals surface area contributed by atoms with Crippen LogP contribution in [0.25, 0.3) is 22.5 Å². The number of hydrogen-bond donors (Lipinski definition) is 1. The van der Waals surface area contributed by atoms with Crippen LogP contribution in [0.2, 0.25) is 0 Å². The van der Waals surface area contributed by atoms with Gasteiger partial charge in [0.05, 0.1) is 5.69 Å². The number of hydrogen-bond acceptors (Lipinski definition) is 5. The van der Waals surface area contributed by atoms with E-state index in [1.54, 1.807) is 0 Å². The predicted octanol–water partition coefficient (Wildman–Crippen LogP) is 5.06. The molecule has 0 saturated heterocycles. The first kappa shape index (κ1) is 21.6. The first-order valence-corrected chi connectivity index (χ1v) is 11.1. The zero-order valence-electron chi connectivity index (χ0n) is 18.7. The normalized spacial score (nSPS) is 11.2. The molecule has 0 spiro atoms. The lowest BCUT2D eigenvalue weighted by molar-refractivity contribution is 0.111. The smallest absolute Gasteiger partial charge is 0.205 e. The van der Waals surface area contributed by atoms with Crippen LogP contribution < -0.4 is 0 Å². The Kier molecular flexibility index (Phi) is 6.54. The Balaban J connectivity index is 1.65. The van der Waals surface area contributed by atoms with E-state index in [2.05, 4.69) is 71.7 Å². The number of aldehydes is 1. The van der Waals surface area contributed by atoms with Gasteiger partial charge in [-0.2, -0.15) is 10.3 Å². The van der Waals surface area contributed by atoms with Crippen molar-refractivity contribution in [3.8, 4) is 22.5 Å². The Hall–Kier alpha value is -3.61. The van der Waals surface area contributed by atoms with Gasteiger partial charge in [0.15, 0.2) is 6.29 Å². The number of rotatable bonds is 9. The Labute approximate surface area is 187 Å². The summed E-state index contributed by atoms with van der Waals surface area (Å²) < 4.78 is 1.86. The molecule has 164 valence electrons. The van der Waals surface area contributed by atoms with E-state index >= 15 is 0 Å². The summed E-state index contributed by atoms with van der Waals surface area (Å²) in [5.74, 6) is 0.571. The molecule has 0 radical (unpaired) electrons. The summed E-state index contributed by atoms with van der Waals surface area (Å²) in [5, 5.41) is 19.2. The van der Waals surface area contributed by atoms with Crippen LogP contribution in [0.1, 0.15) is 67.0 Å². The van der Waals surface area contributed by atoms with Gasteiger partial charge in [0.25, 0.3) is 0 Å². The van der Waals surface area contributed by atoms with Crippen LogP contribution in [0.4, 0.5) is 0 Å². The Morgan fingerprint density at radius 1 is 1.06 bits per heavy atom. The van der Waals surface area contributed by atoms with E-state index in [9.17, 15) is 4.79 Å². The zero-order chi connectivity index (χ0) is 22.5. The molecule has 32 heavy (non-hydrogen) atoms. The highest BCUT2D eigenvalue weighted by atomic mass is 16.1. The third-order valence-electron chi connectivity index (χ3n) is 5.66. The number of tetrazole rings is 1. The Morgan fingerprint density at radius 2 is 1.81 bits per heavy atom. The second kappa shape index (κ2) is 9.68. The van der Waals surface area contributed by atoms with Crippen LogP contribution in [-0.2, 0) is 12.8 Å². The van der Waals surface area contributed by atoms with Crippen LogP contribution in [0.3, 0.4) is 0 Å². The van der Waals surface area contributed by atoms with Gasteiger partial charge in [0.2, 0.25) is 5.82 Å². The molecule has 4 rings (SSSR count). The first-order chi connectivity index (χ1) is 15.6. The molecular formula is C25H28N6O. The number of aromatic nitrogens is 6. The molecule has 2 heterocycles. The van der Waals surface area contributed by atoms with Gasteiger partial charge >= 0.3 is 0 Å². The molecule has 0 fully saturated rings. The van der Waals surface area contributed by atoms with Crippen LogP contribution in [0, 0.1) is 0 Å². The van der Waals surface area contributed by atoms with Crippen molar-refractivity contribution < 1.29 is 4.79 Å². The topological polar surface area (TPSA) is 89.4 Å². The van der Waals surface area contributed by atoms with Gasteiger partial charge in [-0.3, -0.25) is 9.48 Å². The highest BCUT2D eigenvalue weighted by Crippen LogP contribution is 2.30. The van der Waals surface area contributed by atoms with Crippen LogP contribution in [0.15, 0.2) is 48.5 Å². The number of carbonyl (C=O) groups is 1. The molecule has 0 aliphatic heterocycles. The number of aromatic amines is 1. The van der Waals surface area contributed by atoms with Gasteiger partial charge < -0.3 is 0 Å². The monoisotopic (exact) mass is 428 g/mol. The number of nitrogens with one attached hydrogen (secondary N) is 1. The van der Waals surface area contributed by atoms with E-state index in [-0.39, 0.29) is 6.04 Å². The standard InChI is InChI=1S/C25H28N6O/c1-4-5-10-23-22(24(16-32)31(28-23)17(2)3)15-18-11-13-19(14-12-18)20-8-6-7-9-21(20)25-26-29-30-27-25/h6-9,11-14,16-17H,4-5,10,15H2,1-3H3,(H,26,27,29,30). The molecule has 0 unspecified atom stereocenters. The number of unbranched alkanes of at least 4 members (excludes halogenated alkanes) is 1. The highest BCUT2D eigenvalue weighted by molar-refractivity contribution is 5.80. The van der Waals surface area contributed by atoms with Gasteiger partial charge in [0, 0.05) is 23.6 Å². The SMILES string of the molecule is CCCCc1nn(C(C)C)c(C=O)c1Cc1ccc(-c2ccccc2-c2nn[nH]n2)cc1. The molecule has 7 nitrogen and oxygen atoms in total. The minimum absolute atomic E-state index is 0.147. The molecule has 1 N–H and O–H groups in total. The first-order valence-electron chi connectivity index (χ1n) is 11.1. The second-order valence-corrected chi connectivity index (χ2v) is 8.22. The van der Waals surface area contributed by atoms with Gasteiger partial charge in [-0.1, -0.05) is 61.9 Å². The third-order valence-corrected chi connectivity index (χ3v) is 5.66. The summed E-state index contributed by atoms with van der Waals surface area (Å²) in [7, 11) is 0. The highest BCUT2D eigenvalue weighted by Gasteiger charge is 2.19. The number of benzene rings is 2. The van der Waals surface area contributed by atoms with Gasteiger partial charge in [-0.05, 0) is 48.6 Å². The summed E-state index contributed by atoms with van der Waals surface area (Å²) in [6.07, 6.45) is 4.69. The molecule has 0 aliphatic carbocycles. The van der Waals surface area contributed by atoms with E-state index < -0.39 is 0 Å². The van der Waals surface area contributed by atoms with Crippen LogP contribution in [-0.4, -0.2) is 36.7 Å². The summed E-state index contributed by atoms with van der Waals surface area (Å²) >= 11 is 0. The van der Waals surface area contributed by atoms with Crippen molar-refractivity contribution >= 4 is 6.29 Å².